The van der Waals surface area contributed by atoms with Gasteiger partial charge < -0.3 is 14.2 Å². The van der Waals surface area contributed by atoms with Gasteiger partial charge in [-0.15, -0.1) is 0 Å². The maximum atomic E-state index is 13.4. The maximum absolute atomic E-state index is 13.4. The van der Waals surface area contributed by atoms with E-state index in [2.05, 4.69) is 27.2 Å². The van der Waals surface area contributed by atoms with Crippen molar-refractivity contribution in [2.45, 2.75) is 25.2 Å². The van der Waals surface area contributed by atoms with E-state index in [0.717, 1.165) is 44.6 Å². The van der Waals surface area contributed by atoms with Crippen LogP contribution in [0, 0.1) is 5.82 Å². The van der Waals surface area contributed by atoms with Crippen LogP contribution in [-0.2, 0) is 6.42 Å². The third-order valence-corrected chi connectivity index (χ3v) is 5.26. The number of benzene rings is 2. The Morgan fingerprint density at radius 1 is 1.21 bits per heavy atom. The summed E-state index contributed by atoms with van der Waals surface area (Å²) in [4.78, 5) is 6.98. The van der Waals surface area contributed by atoms with Crippen LogP contribution in [0.15, 0.2) is 53.1 Å². The van der Waals surface area contributed by atoms with Gasteiger partial charge in [0.05, 0.1) is 13.0 Å². The van der Waals surface area contributed by atoms with Crippen molar-refractivity contribution in [2.75, 3.05) is 26.7 Å². The molecule has 5 nitrogen and oxygen atoms in total. The molecule has 0 aliphatic carbocycles. The molecule has 0 spiro atoms. The van der Waals surface area contributed by atoms with E-state index in [1.807, 2.05) is 12.1 Å². The van der Waals surface area contributed by atoms with Crippen molar-refractivity contribution in [3.05, 3.63) is 65.8 Å². The Morgan fingerprint density at radius 2 is 2.07 bits per heavy atom. The molecule has 146 valence electrons. The molecule has 1 atom stereocenters. The van der Waals surface area contributed by atoms with Crippen molar-refractivity contribution in [1.82, 2.24) is 15.0 Å². The van der Waals surface area contributed by atoms with E-state index in [9.17, 15) is 4.39 Å². The highest BCUT2D eigenvalue weighted by Gasteiger charge is 2.26. The van der Waals surface area contributed by atoms with E-state index < -0.39 is 0 Å². The summed E-state index contributed by atoms with van der Waals surface area (Å²) in [5, 5.41) is 4.05. The zero-order valence-electron chi connectivity index (χ0n) is 16.0. The molecule has 0 amide bonds. The molecule has 1 aromatic heterocycles. The molecule has 1 saturated heterocycles. The Hall–Kier alpha value is -2.73. The zero-order chi connectivity index (χ0) is 19.3. The van der Waals surface area contributed by atoms with E-state index in [4.69, 9.17) is 9.26 Å². The van der Waals surface area contributed by atoms with Gasteiger partial charge in [-0.2, -0.15) is 4.98 Å². The lowest BCUT2D eigenvalue weighted by Crippen LogP contribution is -2.35. The molecule has 0 saturated carbocycles. The first-order valence-corrected chi connectivity index (χ1v) is 9.66. The largest absolute Gasteiger partial charge is 0.497 e. The van der Waals surface area contributed by atoms with E-state index in [1.165, 1.54) is 17.7 Å². The molecule has 0 radical (unpaired) electrons. The van der Waals surface area contributed by atoms with Gasteiger partial charge in [-0.1, -0.05) is 29.4 Å². The number of aromatic nitrogens is 2. The van der Waals surface area contributed by atoms with Gasteiger partial charge in [-0.3, -0.25) is 0 Å². The highest BCUT2D eigenvalue weighted by molar-refractivity contribution is 5.53. The molecule has 6 heteroatoms. The summed E-state index contributed by atoms with van der Waals surface area (Å²) in [5.41, 5.74) is 1.94. The summed E-state index contributed by atoms with van der Waals surface area (Å²) in [6.45, 7) is 2.98. The molecule has 1 fully saturated rings. The highest BCUT2D eigenvalue weighted by Crippen LogP contribution is 2.28. The smallest absolute Gasteiger partial charge is 0.231 e. The second kappa shape index (κ2) is 8.52. The van der Waals surface area contributed by atoms with Crippen LogP contribution in [0.3, 0.4) is 0 Å². The van der Waals surface area contributed by atoms with Crippen LogP contribution in [-0.4, -0.2) is 41.8 Å². The number of hydrogen-bond acceptors (Lipinski definition) is 5. The van der Waals surface area contributed by atoms with E-state index in [0.29, 0.717) is 17.3 Å². The van der Waals surface area contributed by atoms with Crippen LogP contribution in [0.5, 0.6) is 5.75 Å². The number of nitrogens with zero attached hydrogens (tertiary/aromatic N) is 3. The van der Waals surface area contributed by atoms with Gasteiger partial charge in [0.2, 0.25) is 11.7 Å². The van der Waals surface area contributed by atoms with Crippen LogP contribution < -0.4 is 4.74 Å². The lowest BCUT2D eigenvalue weighted by atomic mass is 9.97. The average molecular weight is 381 g/mol. The van der Waals surface area contributed by atoms with Crippen molar-refractivity contribution in [3.8, 4) is 17.1 Å². The molecule has 2 heterocycles. The SMILES string of the molecule is COc1ccc(CCN2CCCC(c3nc(-c4cccc(F)c4)no3)C2)cc1. The Bertz CT molecular complexity index is 910. The monoisotopic (exact) mass is 381 g/mol. The van der Waals surface area contributed by atoms with Crippen molar-refractivity contribution in [2.24, 2.45) is 0 Å². The first kappa shape index (κ1) is 18.6. The molecule has 1 aliphatic rings. The average Bonchev–Trinajstić information content (AvgIpc) is 3.23. The minimum absolute atomic E-state index is 0.222. The molecule has 3 aromatic rings. The molecule has 0 bridgehead atoms. The lowest BCUT2D eigenvalue weighted by molar-refractivity contribution is 0.189. The topological polar surface area (TPSA) is 51.4 Å². The summed E-state index contributed by atoms with van der Waals surface area (Å²) in [7, 11) is 1.68. The number of likely N-dealkylation sites (tertiary alicyclic amines) is 1. The van der Waals surface area contributed by atoms with Gasteiger partial charge in [0.15, 0.2) is 0 Å². The summed E-state index contributed by atoms with van der Waals surface area (Å²) in [6, 6.07) is 14.5. The van der Waals surface area contributed by atoms with Gasteiger partial charge >= 0.3 is 0 Å². The van der Waals surface area contributed by atoms with Crippen LogP contribution in [0.4, 0.5) is 4.39 Å². The number of ether oxygens (including phenoxy) is 1. The van der Waals surface area contributed by atoms with Gasteiger partial charge in [-0.25, -0.2) is 4.39 Å². The number of hydrogen-bond donors (Lipinski definition) is 0. The normalized spacial score (nSPS) is 17.6. The fourth-order valence-corrected chi connectivity index (χ4v) is 3.69. The van der Waals surface area contributed by atoms with Crippen LogP contribution in [0.1, 0.15) is 30.2 Å². The van der Waals surface area contributed by atoms with E-state index in [1.54, 1.807) is 19.2 Å². The Labute approximate surface area is 164 Å². The fourth-order valence-electron chi connectivity index (χ4n) is 3.69. The fraction of sp³-hybridized carbons (Fsp3) is 0.364. The van der Waals surface area contributed by atoms with Gasteiger partial charge in [0.25, 0.3) is 0 Å². The highest BCUT2D eigenvalue weighted by atomic mass is 19.1. The third-order valence-electron chi connectivity index (χ3n) is 5.26. The third kappa shape index (κ3) is 4.39. The number of methoxy groups -OCH3 is 1. The van der Waals surface area contributed by atoms with Gasteiger partial charge in [-0.05, 0) is 55.6 Å². The molecule has 2 aromatic carbocycles. The predicted molar refractivity (Wildman–Crippen MR) is 105 cm³/mol. The Kier molecular flexibility index (Phi) is 5.67. The van der Waals surface area contributed by atoms with Crippen molar-refractivity contribution in [3.63, 3.8) is 0 Å². The number of piperidine rings is 1. The second-order valence-electron chi connectivity index (χ2n) is 7.20. The van der Waals surface area contributed by atoms with Gasteiger partial charge in [0, 0.05) is 18.7 Å². The standard InChI is InChI=1S/C22H24FN3O2/c1-27-20-9-7-16(8-10-20)11-13-26-12-3-5-18(15-26)22-24-21(25-28-22)17-4-2-6-19(23)14-17/h2,4,6-10,14,18H,3,5,11-13,15H2,1H3. The predicted octanol–water partition coefficient (Wildman–Crippen LogP) is 4.31. The number of rotatable bonds is 6. The molecule has 4 rings (SSSR count). The Balaban J connectivity index is 1.37. The van der Waals surface area contributed by atoms with Crippen LogP contribution in [0.25, 0.3) is 11.4 Å². The number of halogens is 1. The van der Waals surface area contributed by atoms with Crippen LogP contribution in [0.2, 0.25) is 0 Å². The molecule has 1 unspecified atom stereocenters. The molecular formula is C22H24FN3O2. The second-order valence-corrected chi connectivity index (χ2v) is 7.20. The first-order valence-electron chi connectivity index (χ1n) is 9.66. The molecule has 28 heavy (non-hydrogen) atoms. The zero-order valence-corrected chi connectivity index (χ0v) is 16.0. The van der Waals surface area contributed by atoms with Crippen LogP contribution >= 0.6 is 0 Å². The lowest BCUT2D eigenvalue weighted by Gasteiger charge is -2.30. The van der Waals surface area contributed by atoms with Gasteiger partial charge in [0.1, 0.15) is 11.6 Å². The summed E-state index contributed by atoms with van der Waals surface area (Å²) in [5.74, 6) is 1.90. The first-order chi connectivity index (χ1) is 13.7. The Morgan fingerprint density at radius 3 is 2.86 bits per heavy atom. The summed E-state index contributed by atoms with van der Waals surface area (Å²) >= 11 is 0. The van der Waals surface area contributed by atoms with Crippen molar-refractivity contribution >= 4 is 0 Å². The quantitative estimate of drug-likeness (QED) is 0.637. The van der Waals surface area contributed by atoms with E-state index >= 15 is 0 Å². The van der Waals surface area contributed by atoms with Crippen molar-refractivity contribution in [1.29, 1.82) is 0 Å². The molecular weight excluding hydrogens is 357 g/mol. The summed E-state index contributed by atoms with van der Waals surface area (Å²) in [6.07, 6.45) is 3.13. The molecule has 1 aliphatic heterocycles. The van der Waals surface area contributed by atoms with E-state index in [-0.39, 0.29) is 11.7 Å². The molecule has 0 N–H and O–H groups in total. The maximum Gasteiger partial charge on any atom is 0.231 e. The minimum Gasteiger partial charge on any atom is -0.497 e. The minimum atomic E-state index is -0.300. The van der Waals surface area contributed by atoms with Crippen molar-refractivity contribution < 1.29 is 13.7 Å². The summed E-state index contributed by atoms with van der Waals surface area (Å²) < 4.78 is 24.2.